The lowest BCUT2D eigenvalue weighted by Crippen LogP contribution is -2.24. The van der Waals surface area contributed by atoms with Crippen LogP contribution in [0.1, 0.15) is 32.0 Å². The van der Waals surface area contributed by atoms with Crippen LogP contribution in [0.5, 0.6) is 0 Å². The molecule has 5 nitrogen and oxygen atoms in total. The molecule has 0 bridgehead atoms. The summed E-state index contributed by atoms with van der Waals surface area (Å²) >= 11 is 0. The second kappa shape index (κ2) is 6.54. The van der Waals surface area contributed by atoms with Crippen LogP contribution in [0.4, 0.5) is 11.6 Å². The molecule has 1 aromatic heterocycles. The average Bonchev–Trinajstić information content (AvgIpc) is 2.37. The molecule has 1 fully saturated rings. The van der Waals surface area contributed by atoms with E-state index in [4.69, 9.17) is 10.5 Å². The Kier molecular flexibility index (Phi) is 4.75. The maximum Gasteiger partial charge on any atom is 0.133 e. The molecule has 0 aromatic carbocycles. The molecular weight excluding hydrogens is 228 g/mol. The summed E-state index contributed by atoms with van der Waals surface area (Å²) in [6, 6.07) is 1.79. The van der Waals surface area contributed by atoms with E-state index in [0.29, 0.717) is 11.7 Å². The van der Waals surface area contributed by atoms with Crippen molar-refractivity contribution in [2.24, 2.45) is 5.92 Å². The van der Waals surface area contributed by atoms with Crippen LogP contribution in [0, 0.1) is 5.92 Å². The lowest BCUT2D eigenvalue weighted by atomic mass is 10.0. The van der Waals surface area contributed by atoms with E-state index < -0.39 is 0 Å². The van der Waals surface area contributed by atoms with Gasteiger partial charge in [0.1, 0.15) is 17.5 Å². The van der Waals surface area contributed by atoms with Crippen molar-refractivity contribution in [3.8, 4) is 0 Å². The number of nitrogens with two attached hydrogens (primary N) is 1. The molecule has 0 amide bonds. The third-order valence-electron chi connectivity index (χ3n) is 3.09. The van der Waals surface area contributed by atoms with Gasteiger partial charge in [0.15, 0.2) is 0 Å². The summed E-state index contributed by atoms with van der Waals surface area (Å²) in [7, 11) is 0. The predicted molar refractivity (Wildman–Crippen MR) is 72.5 cm³/mol. The number of hydrogen-bond donors (Lipinski definition) is 2. The number of nitrogen functional groups attached to an aromatic ring is 1. The zero-order valence-corrected chi connectivity index (χ0v) is 11.0. The van der Waals surface area contributed by atoms with Crippen molar-refractivity contribution in [3.05, 3.63) is 11.9 Å². The van der Waals surface area contributed by atoms with E-state index in [-0.39, 0.29) is 0 Å². The van der Waals surface area contributed by atoms with E-state index in [1.807, 2.05) is 0 Å². The topological polar surface area (TPSA) is 73.1 Å². The number of nitrogens with zero attached hydrogens (tertiary/aromatic N) is 2. The van der Waals surface area contributed by atoms with Gasteiger partial charge in [-0.3, -0.25) is 0 Å². The number of aryl methyl sites for hydroxylation is 1. The van der Waals surface area contributed by atoms with Crippen molar-refractivity contribution in [2.45, 2.75) is 32.6 Å². The molecule has 2 heterocycles. The Bertz CT molecular complexity index is 377. The number of rotatable bonds is 5. The lowest BCUT2D eigenvalue weighted by Gasteiger charge is -2.22. The summed E-state index contributed by atoms with van der Waals surface area (Å²) in [5, 5.41) is 3.34. The van der Waals surface area contributed by atoms with Gasteiger partial charge >= 0.3 is 0 Å². The van der Waals surface area contributed by atoms with Gasteiger partial charge < -0.3 is 15.8 Å². The van der Waals surface area contributed by atoms with Gasteiger partial charge in [0, 0.05) is 25.6 Å². The van der Waals surface area contributed by atoms with Gasteiger partial charge in [-0.25, -0.2) is 9.97 Å². The maximum absolute atomic E-state index is 5.78. The largest absolute Gasteiger partial charge is 0.384 e. The Morgan fingerprint density at radius 3 is 3.11 bits per heavy atom. The predicted octanol–water partition coefficient (Wildman–Crippen LogP) is 1.85. The van der Waals surface area contributed by atoms with Gasteiger partial charge in [-0.2, -0.15) is 0 Å². The Balaban J connectivity index is 1.91. The molecule has 0 saturated carbocycles. The molecule has 2 rings (SSSR count). The van der Waals surface area contributed by atoms with E-state index in [1.165, 1.54) is 6.42 Å². The molecule has 1 aliphatic rings. The minimum absolute atomic E-state index is 0.538. The Hall–Kier alpha value is -1.36. The van der Waals surface area contributed by atoms with Crippen molar-refractivity contribution in [3.63, 3.8) is 0 Å². The van der Waals surface area contributed by atoms with E-state index in [9.17, 15) is 0 Å². The first-order valence-electron chi connectivity index (χ1n) is 6.73. The number of ether oxygens (including phenoxy) is 1. The molecule has 0 spiro atoms. The molecule has 0 radical (unpaired) electrons. The highest BCUT2D eigenvalue weighted by molar-refractivity contribution is 5.44. The van der Waals surface area contributed by atoms with E-state index in [2.05, 4.69) is 22.2 Å². The highest BCUT2D eigenvalue weighted by atomic mass is 16.5. The van der Waals surface area contributed by atoms with Crippen LogP contribution in [0.2, 0.25) is 0 Å². The van der Waals surface area contributed by atoms with Gasteiger partial charge in [-0.1, -0.05) is 6.92 Å². The molecule has 5 heteroatoms. The summed E-state index contributed by atoms with van der Waals surface area (Å²) in [4.78, 5) is 8.68. The highest BCUT2D eigenvalue weighted by Crippen LogP contribution is 2.15. The van der Waals surface area contributed by atoms with Crippen molar-refractivity contribution in [2.75, 3.05) is 30.8 Å². The molecule has 100 valence electrons. The molecule has 1 unspecified atom stereocenters. The van der Waals surface area contributed by atoms with Crippen molar-refractivity contribution < 1.29 is 4.74 Å². The van der Waals surface area contributed by atoms with E-state index >= 15 is 0 Å². The minimum Gasteiger partial charge on any atom is -0.384 e. The van der Waals surface area contributed by atoms with E-state index in [0.717, 1.165) is 50.7 Å². The summed E-state index contributed by atoms with van der Waals surface area (Å²) in [6.45, 7) is 4.74. The third-order valence-corrected chi connectivity index (χ3v) is 3.09. The first-order valence-corrected chi connectivity index (χ1v) is 6.73. The lowest BCUT2D eigenvalue weighted by molar-refractivity contribution is 0.0595. The molecule has 18 heavy (non-hydrogen) atoms. The van der Waals surface area contributed by atoms with Crippen LogP contribution in [-0.4, -0.2) is 29.7 Å². The summed E-state index contributed by atoms with van der Waals surface area (Å²) in [6.07, 6.45) is 4.26. The third kappa shape index (κ3) is 3.84. The normalized spacial score (nSPS) is 19.7. The van der Waals surface area contributed by atoms with Crippen molar-refractivity contribution >= 4 is 11.6 Å². The van der Waals surface area contributed by atoms with Gasteiger partial charge in [-0.05, 0) is 25.2 Å². The van der Waals surface area contributed by atoms with Gasteiger partial charge in [0.2, 0.25) is 0 Å². The van der Waals surface area contributed by atoms with Crippen LogP contribution in [0.15, 0.2) is 6.07 Å². The quantitative estimate of drug-likeness (QED) is 0.834. The first-order chi connectivity index (χ1) is 8.78. The fourth-order valence-electron chi connectivity index (χ4n) is 2.16. The monoisotopic (exact) mass is 250 g/mol. The van der Waals surface area contributed by atoms with Gasteiger partial charge in [-0.15, -0.1) is 0 Å². The van der Waals surface area contributed by atoms with Crippen molar-refractivity contribution in [1.82, 2.24) is 9.97 Å². The summed E-state index contributed by atoms with van der Waals surface area (Å²) < 4.78 is 5.46. The van der Waals surface area contributed by atoms with Crippen LogP contribution in [0.25, 0.3) is 0 Å². The van der Waals surface area contributed by atoms with Crippen LogP contribution in [-0.2, 0) is 11.2 Å². The van der Waals surface area contributed by atoms with Crippen LogP contribution in [0.3, 0.4) is 0 Å². The zero-order chi connectivity index (χ0) is 12.8. The second-order valence-corrected chi connectivity index (χ2v) is 4.81. The fraction of sp³-hybridized carbons (Fsp3) is 0.692. The SMILES string of the molecule is CCCc1nc(N)cc(NCC2CCCOC2)n1. The standard InChI is InChI=1S/C13H22N4O/c1-2-4-12-16-11(14)7-13(17-12)15-8-10-5-3-6-18-9-10/h7,10H,2-6,8-9H2,1H3,(H3,14,15,16,17). The number of anilines is 2. The van der Waals surface area contributed by atoms with Crippen molar-refractivity contribution in [1.29, 1.82) is 0 Å². The Morgan fingerprint density at radius 2 is 2.39 bits per heavy atom. The summed E-state index contributed by atoms with van der Waals surface area (Å²) in [5.74, 6) is 2.76. The fourth-order valence-corrected chi connectivity index (χ4v) is 2.16. The van der Waals surface area contributed by atoms with Crippen LogP contribution < -0.4 is 11.1 Å². The Morgan fingerprint density at radius 1 is 1.50 bits per heavy atom. The first kappa shape index (κ1) is 13.1. The molecule has 1 saturated heterocycles. The maximum atomic E-state index is 5.78. The summed E-state index contributed by atoms with van der Waals surface area (Å²) in [5.41, 5.74) is 5.78. The van der Waals surface area contributed by atoms with Gasteiger partial charge in [0.25, 0.3) is 0 Å². The smallest absolute Gasteiger partial charge is 0.133 e. The average molecular weight is 250 g/mol. The molecule has 3 N–H and O–H groups in total. The molecular formula is C13H22N4O. The second-order valence-electron chi connectivity index (χ2n) is 4.81. The molecule has 1 aliphatic heterocycles. The Labute approximate surface area is 108 Å². The van der Waals surface area contributed by atoms with Crippen LogP contribution >= 0.6 is 0 Å². The molecule has 0 aliphatic carbocycles. The number of hydrogen-bond acceptors (Lipinski definition) is 5. The minimum atomic E-state index is 0.538. The van der Waals surface area contributed by atoms with Gasteiger partial charge in [0.05, 0.1) is 6.61 Å². The highest BCUT2D eigenvalue weighted by Gasteiger charge is 2.13. The zero-order valence-electron chi connectivity index (χ0n) is 11.0. The van der Waals surface area contributed by atoms with E-state index in [1.54, 1.807) is 6.07 Å². The number of nitrogens with one attached hydrogen (secondary N) is 1. The molecule has 1 aromatic rings. The number of aromatic nitrogens is 2. The molecule has 1 atom stereocenters.